The van der Waals surface area contributed by atoms with E-state index in [4.69, 9.17) is 0 Å². The third-order valence-corrected chi connectivity index (χ3v) is 5.58. The second kappa shape index (κ2) is 7.17. The Bertz CT molecular complexity index is 1250. The minimum atomic E-state index is -0.454. The van der Waals surface area contributed by atoms with Gasteiger partial charge in [0.15, 0.2) is 5.82 Å². The number of rotatable bonds is 4. The summed E-state index contributed by atoms with van der Waals surface area (Å²) in [5.74, 6) is -0.576. The van der Waals surface area contributed by atoms with Crippen LogP contribution in [0.15, 0.2) is 36.8 Å². The van der Waals surface area contributed by atoms with E-state index in [1.807, 2.05) is 13.1 Å². The molecule has 0 amide bonds. The van der Waals surface area contributed by atoms with Crippen molar-refractivity contribution >= 4 is 39.0 Å². The minimum absolute atomic E-state index is 0.275. The van der Waals surface area contributed by atoms with Crippen molar-refractivity contribution in [1.82, 2.24) is 25.1 Å². The highest BCUT2D eigenvalue weighted by molar-refractivity contribution is 5.94. The van der Waals surface area contributed by atoms with Gasteiger partial charge in [-0.3, -0.25) is 4.68 Å². The molecule has 2 aromatic heterocycles. The second-order valence-electron chi connectivity index (χ2n) is 7.59. The number of hydrogen-bond donors (Lipinski definition) is 2. The van der Waals surface area contributed by atoms with Crippen molar-refractivity contribution in [2.45, 2.75) is 12.5 Å². The Morgan fingerprint density at radius 3 is 2.77 bits per heavy atom. The van der Waals surface area contributed by atoms with Crippen LogP contribution in [0, 0.1) is 11.6 Å². The Morgan fingerprint density at radius 1 is 1.10 bits per heavy atom. The fourth-order valence-corrected chi connectivity index (χ4v) is 4.06. The standard InChI is InChI=1S/C21H21F2N7/c1-24-13-3-4-30(10-13)15-7-16(22)19-18(8-15)25-11-26-21(19)27-14-5-12-9-29(2)28-20(12)17(23)6-14/h5-9,11,13,24H,3-4,10H2,1-2H3,(H,25,26,27)/t13-/m0/s1. The summed E-state index contributed by atoms with van der Waals surface area (Å²) in [6.07, 6.45) is 4.12. The van der Waals surface area contributed by atoms with E-state index in [9.17, 15) is 4.39 Å². The summed E-state index contributed by atoms with van der Waals surface area (Å²) < 4.78 is 31.1. The van der Waals surface area contributed by atoms with Gasteiger partial charge in [-0.25, -0.2) is 18.7 Å². The molecule has 2 aromatic carbocycles. The summed E-state index contributed by atoms with van der Waals surface area (Å²) in [5, 5.41) is 11.3. The number of nitrogens with one attached hydrogen (secondary N) is 2. The molecule has 0 spiro atoms. The van der Waals surface area contributed by atoms with E-state index in [1.165, 1.54) is 18.5 Å². The first-order chi connectivity index (χ1) is 14.5. The summed E-state index contributed by atoms with van der Waals surface area (Å²) in [7, 11) is 3.67. The van der Waals surface area contributed by atoms with Gasteiger partial charge < -0.3 is 15.5 Å². The van der Waals surface area contributed by atoms with Crippen molar-refractivity contribution in [2.75, 3.05) is 30.4 Å². The first kappa shape index (κ1) is 18.7. The minimum Gasteiger partial charge on any atom is -0.370 e. The summed E-state index contributed by atoms with van der Waals surface area (Å²) >= 11 is 0. The van der Waals surface area contributed by atoms with E-state index < -0.39 is 11.6 Å². The molecule has 0 radical (unpaired) electrons. The number of hydrogen-bond acceptors (Lipinski definition) is 6. The van der Waals surface area contributed by atoms with Crippen LogP contribution < -0.4 is 15.5 Å². The first-order valence-electron chi connectivity index (χ1n) is 9.78. The lowest BCUT2D eigenvalue weighted by Gasteiger charge is -2.19. The average Bonchev–Trinajstić information content (AvgIpc) is 3.34. The molecule has 154 valence electrons. The molecule has 0 unspecified atom stereocenters. The van der Waals surface area contributed by atoms with E-state index in [0.29, 0.717) is 28.5 Å². The predicted molar refractivity (Wildman–Crippen MR) is 113 cm³/mol. The molecular formula is C21H21F2N7. The summed E-state index contributed by atoms with van der Waals surface area (Å²) in [6.45, 7) is 1.68. The smallest absolute Gasteiger partial charge is 0.153 e. The van der Waals surface area contributed by atoms with Gasteiger partial charge in [0.1, 0.15) is 23.5 Å². The SMILES string of the molecule is CN[C@H]1CCN(c2cc(F)c3c(Nc4cc(F)c5nn(C)cc5c4)ncnc3c2)C1. The van der Waals surface area contributed by atoms with Crippen LogP contribution >= 0.6 is 0 Å². The molecule has 2 N–H and O–H groups in total. The normalized spacial score (nSPS) is 16.7. The lowest BCUT2D eigenvalue weighted by Crippen LogP contribution is -2.29. The highest BCUT2D eigenvalue weighted by Gasteiger charge is 2.23. The van der Waals surface area contributed by atoms with Gasteiger partial charge >= 0.3 is 0 Å². The lowest BCUT2D eigenvalue weighted by molar-refractivity contribution is 0.616. The van der Waals surface area contributed by atoms with E-state index in [-0.39, 0.29) is 10.9 Å². The molecule has 1 aliphatic heterocycles. The van der Waals surface area contributed by atoms with Crippen LogP contribution in [0.3, 0.4) is 0 Å². The number of aromatic nitrogens is 4. The molecule has 9 heteroatoms. The van der Waals surface area contributed by atoms with Crippen LogP contribution in [0.2, 0.25) is 0 Å². The van der Waals surface area contributed by atoms with Gasteiger partial charge in [0.05, 0.1) is 10.9 Å². The number of halogens is 2. The fraction of sp³-hybridized carbons (Fsp3) is 0.286. The van der Waals surface area contributed by atoms with Crippen LogP contribution in [0.4, 0.5) is 26.0 Å². The van der Waals surface area contributed by atoms with Crippen molar-refractivity contribution in [3.8, 4) is 0 Å². The number of benzene rings is 2. The molecule has 0 saturated carbocycles. The maximum atomic E-state index is 15.1. The lowest BCUT2D eigenvalue weighted by atomic mass is 10.1. The van der Waals surface area contributed by atoms with Crippen molar-refractivity contribution in [1.29, 1.82) is 0 Å². The molecule has 5 rings (SSSR count). The Balaban J connectivity index is 1.52. The van der Waals surface area contributed by atoms with Gasteiger partial charge in [-0.2, -0.15) is 5.10 Å². The Hall–Kier alpha value is -3.33. The van der Waals surface area contributed by atoms with E-state index in [1.54, 1.807) is 24.0 Å². The predicted octanol–water partition coefficient (Wildman–Crippen LogP) is 3.34. The van der Waals surface area contributed by atoms with Gasteiger partial charge in [0.2, 0.25) is 0 Å². The summed E-state index contributed by atoms with van der Waals surface area (Å²) in [4.78, 5) is 10.6. The van der Waals surface area contributed by atoms with E-state index in [0.717, 1.165) is 25.2 Å². The molecule has 30 heavy (non-hydrogen) atoms. The van der Waals surface area contributed by atoms with Crippen LogP contribution in [-0.2, 0) is 7.05 Å². The number of fused-ring (bicyclic) bond motifs is 2. The molecule has 0 bridgehead atoms. The summed E-state index contributed by atoms with van der Waals surface area (Å²) in [5.41, 5.74) is 2.05. The van der Waals surface area contributed by atoms with Crippen molar-refractivity contribution in [3.05, 3.63) is 48.4 Å². The van der Waals surface area contributed by atoms with Crippen molar-refractivity contribution < 1.29 is 8.78 Å². The molecule has 4 aromatic rings. The number of likely N-dealkylation sites (N-methyl/N-ethyl adjacent to an activating group) is 1. The van der Waals surface area contributed by atoms with Gasteiger partial charge in [-0.05, 0) is 37.7 Å². The highest BCUT2D eigenvalue weighted by atomic mass is 19.1. The molecule has 1 aliphatic rings. The third-order valence-electron chi connectivity index (χ3n) is 5.58. The maximum Gasteiger partial charge on any atom is 0.153 e. The van der Waals surface area contributed by atoms with Crippen LogP contribution in [0.5, 0.6) is 0 Å². The van der Waals surface area contributed by atoms with Crippen molar-refractivity contribution in [3.63, 3.8) is 0 Å². The topological polar surface area (TPSA) is 70.9 Å². The largest absolute Gasteiger partial charge is 0.370 e. The molecule has 0 aliphatic carbocycles. The zero-order valence-electron chi connectivity index (χ0n) is 16.7. The zero-order valence-corrected chi connectivity index (χ0v) is 16.7. The maximum absolute atomic E-state index is 15.1. The van der Waals surface area contributed by atoms with Crippen LogP contribution in [0.1, 0.15) is 6.42 Å². The molecular weight excluding hydrogens is 388 g/mol. The Labute approximate surface area is 171 Å². The summed E-state index contributed by atoms with van der Waals surface area (Å²) in [6, 6.07) is 6.86. The third kappa shape index (κ3) is 3.21. The highest BCUT2D eigenvalue weighted by Crippen LogP contribution is 2.32. The van der Waals surface area contributed by atoms with Gasteiger partial charge in [0.25, 0.3) is 0 Å². The second-order valence-corrected chi connectivity index (χ2v) is 7.59. The molecule has 7 nitrogen and oxygen atoms in total. The monoisotopic (exact) mass is 409 g/mol. The molecule has 1 atom stereocenters. The molecule has 3 heterocycles. The zero-order chi connectivity index (χ0) is 20.8. The number of aryl methyl sites for hydroxylation is 1. The quantitative estimate of drug-likeness (QED) is 0.539. The van der Waals surface area contributed by atoms with Gasteiger partial charge in [0, 0.05) is 49.1 Å². The fourth-order valence-electron chi connectivity index (χ4n) is 4.06. The first-order valence-corrected chi connectivity index (χ1v) is 9.78. The van der Waals surface area contributed by atoms with Gasteiger partial charge in [-0.15, -0.1) is 0 Å². The Kier molecular flexibility index (Phi) is 4.47. The Morgan fingerprint density at radius 2 is 1.97 bits per heavy atom. The van der Waals surface area contributed by atoms with Gasteiger partial charge in [-0.1, -0.05) is 0 Å². The molecule has 1 saturated heterocycles. The van der Waals surface area contributed by atoms with Crippen LogP contribution in [-0.4, -0.2) is 45.9 Å². The number of nitrogens with zero attached hydrogens (tertiary/aromatic N) is 5. The number of anilines is 3. The van der Waals surface area contributed by atoms with Crippen molar-refractivity contribution in [2.24, 2.45) is 7.05 Å². The molecule has 1 fully saturated rings. The van der Waals surface area contributed by atoms with Crippen LogP contribution in [0.25, 0.3) is 21.8 Å². The average molecular weight is 409 g/mol. The van der Waals surface area contributed by atoms with E-state index >= 15 is 4.39 Å². The van der Waals surface area contributed by atoms with E-state index in [2.05, 4.69) is 30.6 Å².